The molecule has 0 aromatic carbocycles. The summed E-state index contributed by atoms with van der Waals surface area (Å²) in [6.45, 7) is 9.98. The van der Waals surface area contributed by atoms with Gasteiger partial charge >= 0.3 is 0 Å². The topological polar surface area (TPSA) is 72.2 Å². The van der Waals surface area contributed by atoms with Crippen molar-refractivity contribution >= 4 is 29.1 Å². The first-order valence-corrected chi connectivity index (χ1v) is 6.90. The molecule has 0 rings (SSSR count). The van der Waals surface area contributed by atoms with Crippen LogP contribution in [0.25, 0.3) is 0 Å². The number of halogens is 1. The van der Waals surface area contributed by atoms with Crippen molar-refractivity contribution in [1.29, 1.82) is 0 Å². The molecule has 4 nitrogen and oxygen atoms in total. The van der Waals surface area contributed by atoms with Gasteiger partial charge in [-0.05, 0) is 26.7 Å². The van der Waals surface area contributed by atoms with Crippen molar-refractivity contribution in [2.75, 3.05) is 12.3 Å². The van der Waals surface area contributed by atoms with E-state index in [4.69, 9.17) is 5.73 Å². The predicted molar refractivity (Wildman–Crippen MR) is 75.8 cm³/mol. The Hall–Kier alpha value is -0.130. The molecule has 0 aliphatic rings. The number of rotatable bonds is 5. The fraction of sp³-hybridized carbons (Fsp3) is 0.909. The zero-order valence-electron chi connectivity index (χ0n) is 11.3. The molecule has 1 amide bonds. The third kappa shape index (κ3) is 7.73. The summed E-state index contributed by atoms with van der Waals surface area (Å²) in [5, 5.41) is 2.71. The molecular weight excluding hydrogens is 260 g/mol. The highest BCUT2D eigenvalue weighted by Crippen LogP contribution is 2.10. The van der Waals surface area contributed by atoms with E-state index < -0.39 is 16.8 Å². The van der Waals surface area contributed by atoms with E-state index in [1.165, 1.54) is 0 Å². The Balaban J connectivity index is 0. The Labute approximate surface area is 113 Å². The van der Waals surface area contributed by atoms with Gasteiger partial charge < -0.3 is 11.1 Å². The zero-order valence-corrected chi connectivity index (χ0v) is 12.9. The molecule has 0 aliphatic heterocycles. The lowest BCUT2D eigenvalue weighted by atomic mass is 10.1. The van der Waals surface area contributed by atoms with Crippen LogP contribution in [0, 0.1) is 5.92 Å². The van der Waals surface area contributed by atoms with Crippen molar-refractivity contribution in [3.05, 3.63) is 0 Å². The van der Waals surface area contributed by atoms with Crippen LogP contribution in [0.5, 0.6) is 0 Å². The van der Waals surface area contributed by atoms with Crippen molar-refractivity contribution in [2.24, 2.45) is 11.7 Å². The van der Waals surface area contributed by atoms with Crippen LogP contribution in [-0.4, -0.2) is 33.2 Å². The Kier molecular flexibility index (Phi) is 9.11. The van der Waals surface area contributed by atoms with Crippen LogP contribution in [0.1, 0.15) is 34.6 Å². The lowest BCUT2D eigenvalue weighted by molar-refractivity contribution is -0.123. The number of carbonyl (C=O) groups is 1. The minimum atomic E-state index is -0.933. The van der Waals surface area contributed by atoms with Crippen LogP contribution in [0.2, 0.25) is 0 Å². The molecule has 0 aromatic rings. The zero-order chi connectivity index (χ0) is 12.9. The van der Waals surface area contributed by atoms with Gasteiger partial charge in [0.1, 0.15) is 0 Å². The summed E-state index contributed by atoms with van der Waals surface area (Å²) >= 11 is 0. The summed E-state index contributed by atoms with van der Waals surface area (Å²) in [5.41, 5.74) is 5.67. The van der Waals surface area contributed by atoms with Crippen LogP contribution >= 0.6 is 12.4 Å². The number of nitrogens with one attached hydrogen (secondary N) is 1. The average molecular weight is 285 g/mol. The minimum Gasteiger partial charge on any atom is -0.354 e. The molecule has 104 valence electrons. The van der Waals surface area contributed by atoms with E-state index in [1.54, 1.807) is 0 Å². The van der Waals surface area contributed by atoms with Gasteiger partial charge in [0.05, 0.1) is 6.04 Å². The van der Waals surface area contributed by atoms with Crippen molar-refractivity contribution in [3.63, 3.8) is 0 Å². The lowest BCUT2D eigenvalue weighted by Crippen LogP contribution is -2.45. The van der Waals surface area contributed by atoms with Crippen molar-refractivity contribution in [1.82, 2.24) is 5.32 Å². The third-order valence-electron chi connectivity index (χ3n) is 2.29. The monoisotopic (exact) mass is 284 g/mol. The molecule has 0 aromatic heterocycles. The number of carbonyl (C=O) groups excluding carboxylic acids is 1. The number of hydrogen-bond donors (Lipinski definition) is 2. The molecule has 0 saturated carbocycles. The Morgan fingerprint density at radius 2 is 1.82 bits per heavy atom. The van der Waals surface area contributed by atoms with E-state index in [1.807, 2.05) is 34.6 Å². The van der Waals surface area contributed by atoms with Gasteiger partial charge in [0.25, 0.3) is 0 Å². The maximum atomic E-state index is 11.7. The van der Waals surface area contributed by atoms with E-state index in [0.717, 1.165) is 0 Å². The first kappa shape index (κ1) is 19.2. The highest BCUT2D eigenvalue weighted by Gasteiger charge is 2.20. The van der Waals surface area contributed by atoms with E-state index in [2.05, 4.69) is 5.32 Å². The van der Waals surface area contributed by atoms with E-state index in [9.17, 15) is 9.00 Å². The molecule has 2 atom stereocenters. The maximum Gasteiger partial charge on any atom is 0.237 e. The summed E-state index contributed by atoms with van der Waals surface area (Å²) in [6, 6.07) is -0.483. The first-order chi connectivity index (χ1) is 7.16. The summed E-state index contributed by atoms with van der Waals surface area (Å²) < 4.78 is 11.4. The molecule has 3 N–H and O–H groups in total. The van der Waals surface area contributed by atoms with Gasteiger partial charge in [-0.15, -0.1) is 12.4 Å². The number of amides is 1. The van der Waals surface area contributed by atoms with Crippen LogP contribution in [0.15, 0.2) is 0 Å². The average Bonchev–Trinajstić information content (AvgIpc) is 2.14. The molecular formula is C11H25ClN2O2S. The Bertz CT molecular complexity index is 265. The molecule has 0 bridgehead atoms. The summed E-state index contributed by atoms with van der Waals surface area (Å²) in [4.78, 5) is 11.5. The van der Waals surface area contributed by atoms with Gasteiger partial charge in [-0.25, -0.2) is 0 Å². The number of nitrogens with two attached hydrogens (primary N) is 1. The molecule has 0 heterocycles. The molecule has 0 aliphatic carbocycles. The Morgan fingerprint density at radius 3 is 2.18 bits per heavy atom. The molecule has 6 heteroatoms. The van der Waals surface area contributed by atoms with Gasteiger partial charge in [0.2, 0.25) is 5.91 Å². The van der Waals surface area contributed by atoms with Crippen molar-refractivity contribution in [3.8, 4) is 0 Å². The summed E-state index contributed by atoms with van der Waals surface area (Å²) in [5.74, 6) is 0.425. The summed E-state index contributed by atoms with van der Waals surface area (Å²) in [7, 11) is -0.933. The highest BCUT2D eigenvalue weighted by atomic mass is 35.5. The minimum absolute atomic E-state index is 0. The molecule has 0 radical (unpaired) electrons. The fourth-order valence-corrected chi connectivity index (χ4v) is 1.89. The van der Waals surface area contributed by atoms with E-state index in [0.29, 0.717) is 12.3 Å². The SMILES string of the molecule is CC(C)[C@H](N)C(=O)NCCS(=O)C(C)(C)C.Cl. The van der Waals surface area contributed by atoms with Crippen LogP contribution in [-0.2, 0) is 15.6 Å². The standard InChI is InChI=1S/C11H24N2O2S.ClH/c1-8(2)9(12)10(14)13-6-7-16(15)11(3,4)5;/h8-9H,6-7,12H2,1-5H3,(H,13,14);1H/t9-,16?;/m0./s1. The predicted octanol–water partition coefficient (Wildman–Crippen LogP) is 1.05. The van der Waals surface area contributed by atoms with Crippen molar-refractivity contribution < 1.29 is 9.00 Å². The van der Waals surface area contributed by atoms with E-state index in [-0.39, 0.29) is 29.0 Å². The second-order valence-electron chi connectivity index (χ2n) is 5.22. The molecule has 0 fully saturated rings. The van der Waals surface area contributed by atoms with Crippen LogP contribution in [0.4, 0.5) is 0 Å². The van der Waals surface area contributed by atoms with Crippen LogP contribution in [0.3, 0.4) is 0 Å². The second-order valence-corrected chi connectivity index (χ2v) is 7.55. The van der Waals surface area contributed by atoms with Gasteiger partial charge in [0, 0.05) is 27.8 Å². The normalized spacial score (nSPS) is 15.0. The quantitative estimate of drug-likeness (QED) is 0.793. The smallest absolute Gasteiger partial charge is 0.237 e. The lowest BCUT2D eigenvalue weighted by Gasteiger charge is -2.19. The van der Waals surface area contributed by atoms with Gasteiger partial charge in [-0.3, -0.25) is 9.00 Å². The van der Waals surface area contributed by atoms with Crippen molar-refractivity contribution in [2.45, 2.75) is 45.4 Å². The van der Waals surface area contributed by atoms with Gasteiger partial charge in [0.15, 0.2) is 0 Å². The van der Waals surface area contributed by atoms with Crippen LogP contribution < -0.4 is 11.1 Å². The molecule has 17 heavy (non-hydrogen) atoms. The number of hydrogen-bond acceptors (Lipinski definition) is 3. The second kappa shape index (κ2) is 8.06. The first-order valence-electron chi connectivity index (χ1n) is 5.58. The molecule has 1 unspecified atom stereocenters. The largest absolute Gasteiger partial charge is 0.354 e. The summed E-state index contributed by atoms with van der Waals surface area (Å²) in [6.07, 6.45) is 0. The maximum absolute atomic E-state index is 11.7. The van der Waals surface area contributed by atoms with Gasteiger partial charge in [-0.2, -0.15) is 0 Å². The van der Waals surface area contributed by atoms with E-state index >= 15 is 0 Å². The Morgan fingerprint density at radius 1 is 1.35 bits per heavy atom. The molecule has 0 saturated heterocycles. The highest BCUT2D eigenvalue weighted by molar-refractivity contribution is 7.86. The molecule has 0 spiro atoms. The fourth-order valence-electron chi connectivity index (χ4n) is 0.994. The third-order valence-corrected chi connectivity index (χ3v) is 4.23. The van der Waals surface area contributed by atoms with Gasteiger partial charge in [-0.1, -0.05) is 13.8 Å².